The number of aldehydes is 1. The molecule has 194 valence electrons. The van der Waals surface area contributed by atoms with Crippen molar-refractivity contribution < 1.29 is 18.9 Å². The Morgan fingerprint density at radius 2 is 1.22 bits per heavy atom. The van der Waals surface area contributed by atoms with Gasteiger partial charge in [-0.1, -0.05) is 76.3 Å². The van der Waals surface area contributed by atoms with E-state index in [-0.39, 0.29) is 14.0 Å². The summed E-state index contributed by atoms with van der Waals surface area (Å²) in [6.07, 6.45) is 4.99. The zero-order chi connectivity index (χ0) is 25.4. The van der Waals surface area contributed by atoms with Crippen molar-refractivity contribution in [1.29, 1.82) is 0 Å². The first-order valence-corrected chi connectivity index (χ1v) is 12.9. The molecular weight excluding hydrogens is 558 g/mol. The van der Waals surface area contributed by atoms with Crippen molar-refractivity contribution in [2.24, 2.45) is 0 Å². The van der Waals surface area contributed by atoms with Crippen molar-refractivity contribution in [3.8, 4) is 22.5 Å². The molecule has 0 bridgehead atoms. The number of halogens is 4. The van der Waals surface area contributed by atoms with Crippen molar-refractivity contribution in [3.63, 3.8) is 0 Å². The molecule has 0 atom stereocenters. The van der Waals surface area contributed by atoms with E-state index < -0.39 is 0 Å². The molecule has 2 aromatic heterocycles. The first kappa shape index (κ1) is 27.7. The number of benzene rings is 2. The lowest BCUT2D eigenvalue weighted by Crippen LogP contribution is -1.91. The van der Waals surface area contributed by atoms with Crippen LogP contribution in [0.4, 0.5) is 0 Å². The van der Waals surface area contributed by atoms with Crippen LogP contribution in [0, 0.1) is 0 Å². The van der Waals surface area contributed by atoms with Crippen molar-refractivity contribution in [2.75, 3.05) is 0 Å². The van der Waals surface area contributed by atoms with E-state index in [1.807, 2.05) is 0 Å². The molecule has 2 heterocycles. The SMILES string of the molecule is C.O=Cc1c(-c2c(Cl)cccc2Cl)noc1C1CC1.OCc1c(-c2c(Cl)cccc2Cl)noc1C1CC1. The standard InChI is InChI=1S/C13H11Cl2NO2.C13H9Cl2NO2.CH4/c2*14-9-2-1-3-10(15)11(9)12-8(6-17)13(18-16-12)7-4-5-7;/h1-3,7,17H,4-6H2;1-3,6-7H,4-5H2;1H4. The molecule has 2 aliphatic rings. The first-order valence-electron chi connectivity index (χ1n) is 11.4. The third-order valence-electron chi connectivity index (χ3n) is 6.15. The second-order valence-corrected chi connectivity index (χ2v) is 10.3. The number of carbonyl (C=O) groups excluding carboxylic acids is 1. The van der Waals surface area contributed by atoms with Crippen LogP contribution in [0.1, 0.15) is 72.4 Å². The third-order valence-corrected chi connectivity index (χ3v) is 7.41. The maximum absolute atomic E-state index is 11.3. The average Bonchev–Trinajstić information content (AvgIpc) is 3.80. The number of carbonyl (C=O) groups is 1. The monoisotopic (exact) mass is 580 g/mol. The van der Waals surface area contributed by atoms with Crippen LogP contribution in [0.25, 0.3) is 22.5 Å². The van der Waals surface area contributed by atoms with Crippen LogP contribution in [-0.2, 0) is 6.61 Å². The first-order chi connectivity index (χ1) is 17.4. The minimum Gasteiger partial charge on any atom is -0.391 e. The van der Waals surface area contributed by atoms with Crippen LogP contribution < -0.4 is 0 Å². The largest absolute Gasteiger partial charge is 0.391 e. The predicted molar refractivity (Wildman–Crippen MR) is 146 cm³/mol. The van der Waals surface area contributed by atoms with E-state index in [0.29, 0.717) is 71.3 Å². The van der Waals surface area contributed by atoms with E-state index in [1.165, 1.54) is 0 Å². The van der Waals surface area contributed by atoms with Gasteiger partial charge in [0.25, 0.3) is 0 Å². The van der Waals surface area contributed by atoms with Gasteiger partial charge in [-0.2, -0.15) is 0 Å². The van der Waals surface area contributed by atoms with Gasteiger partial charge in [0.15, 0.2) is 12.0 Å². The molecule has 0 saturated heterocycles. The number of aliphatic hydroxyl groups is 1. The summed E-state index contributed by atoms with van der Waals surface area (Å²) in [4.78, 5) is 11.3. The van der Waals surface area contributed by atoms with Gasteiger partial charge >= 0.3 is 0 Å². The number of hydrogen-bond donors (Lipinski definition) is 1. The van der Waals surface area contributed by atoms with Crippen LogP contribution in [0.2, 0.25) is 20.1 Å². The van der Waals surface area contributed by atoms with Gasteiger partial charge < -0.3 is 14.2 Å². The molecule has 2 saturated carbocycles. The van der Waals surface area contributed by atoms with Crippen LogP contribution in [0.3, 0.4) is 0 Å². The number of nitrogens with zero attached hydrogens (tertiary/aromatic N) is 2. The van der Waals surface area contributed by atoms with Gasteiger partial charge in [-0.05, 0) is 49.9 Å². The molecule has 1 N–H and O–H groups in total. The Kier molecular flexibility index (Phi) is 8.66. The van der Waals surface area contributed by atoms with Gasteiger partial charge in [-0.3, -0.25) is 4.79 Å². The summed E-state index contributed by atoms with van der Waals surface area (Å²) < 4.78 is 10.6. The Balaban J connectivity index is 0.000000168. The molecule has 2 fully saturated rings. The van der Waals surface area contributed by atoms with Gasteiger partial charge in [0.05, 0.1) is 32.3 Å². The third kappa shape index (κ3) is 5.59. The fraction of sp³-hybridized carbons (Fsp3) is 0.296. The van der Waals surface area contributed by atoms with E-state index in [4.69, 9.17) is 55.4 Å². The lowest BCUT2D eigenvalue weighted by molar-refractivity contribution is 0.112. The highest BCUT2D eigenvalue weighted by Crippen LogP contribution is 2.46. The predicted octanol–water partition coefficient (Wildman–Crippen LogP) is 8.99. The lowest BCUT2D eigenvalue weighted by atomic mass is 10.0. The van der Waals surface area contributed by atoms with E-state index in [2.05, 4.69) is 10.3 Å². The number of aliphatic hydroxyl groups excluding tert-OH is 1. The van der Waals surface area contributed by atoms with Gasteiger partial charge in [-0.25, -0.2) is 0 Å². The molecule has 0 spiro atoms. The molecular formula is C27H24Cl4N2O4. The fourth-order valence-electron chi connectivity index (χ4n) is 4.03. The molecule has 0 amide bonds. The minimum atomic E-state index is -0.119. The van der Waals surface area contributed by atoms with Crippen molar-refractivity contribution >= 4 is 52.7 Å². The summed E-state index contributed by atoms with van der Waals surface area (Å²) in [6, 6.07) is 10.4. The smallest absolute Gasteiger partial charge is 0.155 e. The van der Waals surface area contributed by atoms with Crippen molar-refractivity contribution in [1.82, 2.24) is 10.3 Å². The molecule has 4 aromatic rings. The topological polar surface area (TPSA) is 89.4 Å². The second kappa shape index (κ2) is 11.6. The second-order valence-electron chi connectivity index (χ2n) is 8.70. The zero-order valence-corrected chi connectivity index (χ0v) is 21.8. The minimum absolute atomic E-state index is 0. The fourth-order valence-corrected chi connectivity index (χ4v) is 5.18. The summed E-state index contributed by atoms with van der Waals surface area (Å²) >= 11 is 24.5. The van der Waals surface area contributed by atoms with Crippen LogP contribution in [0.15, 0.2) is 45.4 Å². The highest BCUT2D eigenvalue weighted by atomic mass is 35.5. The van der Waals surface area contributed by atoms with Crippen molar-refractivity contribution in [2.45, 2.75) is 51.6 Å². The highest BCUT2D eigenvalue weighted by molar-refractivity contribution is 6.39. The molecule has 0 unspecified atom stereocenters. The van der Waals surface area contributed by atoms with Gasteiger partial charge in [0, 0.05) is 28.5 Å². The van der Waals surface area contributed by atoms with Gasteiger partial charge in [0.1, 0.15) is 17.1 Å². The van der Waals surface area contributed by atoms with E-state index >= 15 is 0 Å². The molecule has 0 radical (unpaired) electrons. The number of rotatable bonds is 6. The molecule has 2 aliphatic carbocycles. The molecule has 2 aromatic carbocycles. The van der Waals surface area contributed by atoms with Gasteiger partial charge in [-0.15, -0.1) is 0 Å². The maximum atomic E-state index is 11.3. The average molecular weight is 582 g/mol. The number of aromatic nitrogens is 2. The Hall–Kier alpha value is -2.35. The zero-order valence-electron chi connectivity index (χ0n) is 18.8. The summed E-state index contributed by atoms with van der Waals surface area (Å²) in [6.45, 7) is -0.119. The summed E-state index contributed by atoms with van der Waals surface area (Å²) in [5, 5.41) is 19.5. The summed E-state index contributed by atoms with van der Waals surface area (Å²) in [7, 11) is 0. The van der Waals surface area contributed by atoms with Crippen LogP contribution in [-0.4, -0.2) is 21.7 Å². The maximum Gasteiger partial charge on any atom is 0.155 e. The molecule has 6 nitrogen and oxygen atoms in total. The Morgan fingerprint density at radius 1 is 0.784 bits per heavy atom. The summed E-state index contributed by atoms with van der Waals surface area (Å²) in [5.41, 5.74) is 3.33. The summed E-state index contributed by atoms with van der Waals surface area (Å²) in [5.74, 6) is 2.11. The molecule has 0 aliphatic heterocycles. The normalized spacial score (nSPS) is 14.5. The van der Waals surface area contributed by atoms with E-state index in [0.717, 1.165) is 37.7 Å². The lowest BCUT2D eigenvalue weighted by Gasteiger charge is -2.05. The van der Waals surface area contributed by atoms with E-state index in [9.17, 15) is 9.90 Å². The Morgan fingerprint density at radius 3 is 1.68 bits per heavy atom. The van der Waals surface area contributed by atoms with Crippen LogP contribution in [0.5, 0.6) is 0 Å². The quantitative estimate of drug-likeness (QED) is 0.228. The Bertz CT molecular complexity index is 1380. The van der Waals surface area contributed by atoms with Crippen molar-refractivity contribution in [3.05, 3.63) is 79.1 Å². The molecule has 37 heavy (non-hydrogen) atoms. The molecule has 6 rings (SSSR count). The van der Waals surface area contributed by atoms with E-state index in [1.54, 1.807) is 36.4 Å². The van der Waals surface area contributed by atoms with Gasteiger partial charge in [0.2, 0.25) is 0 Å². The number of hydrogen-bond acceptors (Lipinski definition) is 6. The Labute approximate surface area is 234 Å². The highest BCUT2D eigenvalue weighted by Gasteiger charge is 2.34. The van der Waals surface area contributed by atoms with Crippen LogP contribution >= 0.6 is 46.4 Å². The molecule has 10 heteroatoms.